The molecule has 10 heteroatoms. The molecule has 0 aromatic carbocycles. The summed E-state index contributed by atoms with van der Waals surface area (Å²) >= 11 is 0. The van der Waals surface area contributed by atoms with Crippen molar-refractivity contribution in [3.8, 4) is 12.3 Å². The highest BCUT2D eigenvalue weighted by atomic mass is 19.1. The Morgan fingerprint density at radius 1 is 0.862 bits per heavy atom. The third kappa shape index (κ3) is 20.1. The maximum Gasteiger partial charge on any atom is 0.310 e. The Bertz CT molecular complexity index is 1320. The van der Waals surface area contributed by atoms with Gasteiger partial charge in [-0.05, 0) is 44.4 Å². The molecule has 0 radical (unpaired) electrons. The number of aliphatic hydroxyl groups excluding tert-OH is 1. The Kier molecular flexibility index (Phi) is 26.1. The first-order valence-electron chi connectivity index (χ1n) is 23.8. The lowest BCUT2D eigenvalue weighted by molar-refractivity contribution is -0.177. The molecule has 2 aliphatic heterocycles. The molecule has 1 fully saturated rings. The molecule has 330 valence electrons. The van der Waals surface area contributed by atoms with Crippen LogP contribution in [-0.2, 0) is 25.4 Å². The third-order valence-electron chi connectivity index (χ3n) is 12.1. The van der Waals surface area contributed by atoms with Crippen LogP contribution in [0.2, 0.25) is 0 Å². The molecule has 0 saturated carbocycles. The van der Waals surface area contributed by atoms with Crippen molar-refractivity contribution in [3.05, 3.63) is 11.8 Å². The summed E-state index contributed by atoms with van der Waals surface area (Å²) in [7, 11) is 0. The molecular weight excluding hydrogens is 732 g/mol. The number of nitrogens with two attached hydrogens (primary N) is 1. The van der Waals surface area contributed by atoms with E-state index in [2.05, 4.69) is 34.7 Å². The van der Waals surface area contributed by atoms with E-state index in [1.54, 1.807) is 6.21 Å². The fourth-order valence-corrected chi connectivity index (χ4v) is 8.48. The largest absolute Gasteiger partial charge is 0.458 e. The second-order valence-electron chi connectivity index (χ2n) is 17.3. The molecule has 1 saturated heterocycles. The van der Waals surface area contributed by atoms with Crippen LogP contribution in [0.5, 0.6) is 0 Å². The molecule has 2 unspecified atom stereocenters. The number of terminal acetylenes is 1. The first-order valence-corrected chi connectivity index (χ1v) is 23.8. The summed E-state index contributed by atoms with van der Waals surface area (Å²) in [5, 5.41) is 10.8. The summed E-state index contributed by atoms with van der Waals surface area (Å²) in [5.74, 6) is 2.49. The Labute approximate surface area is 352 Å². The minimum Gasteiger partial charge on any atom is -0.458 e. The number of aliphatic imine (C=N–C) groups is 1. The molecule has 9 nitrogen and oxygen atoms in total. The van der Waals surface area contributed by atoms with Gasteiger partial charge in [-0.2, -0.15) is 9.37 Å². The number of fused-ring (bicyclic) bond motifs is 1. The van der Waals surface area contributed by atoms with Crippen molar-refractivity contribution < 1.29 is 28.5 Å². The number of hydrogen-bond acceptors (Lipinski definition) is 9. The zero-order valence-corrected chi connectivity index (χ0v) is 36.7. The van der Waals surface area contributed by atoms with Crippen molar-refractivity contribution in [1.82, 2.24) is 9.97 Å². The molecule has 3 rings (SSSR count). The lowest BCUT2D eigenvalue weighted by atomic mass is 9.93. The molecule has 0 bridgehead atoms. The zero-order valence-electron chi connectivity index (χ0n) is 36.7. The number of aliphatic hydroxyl groups is 1. The van der Waals surface area contributed by atoms with Crippen LogP contribution in [0.15, 0.2) is 4.99 Å². The van der Waals surface area contributed by atoms with Gasteiger partial charge >= 0.3 is 12.0 Å². The minimum atomic E-state index is -1.32. The number of anilines is 1. The smallest absolute Gasteiger partial charge is 0.310 e. The van der Waals surface area contributed by atoms with Crippen LogP contribution in [0.1, 0.15) is 219 Å². The SMILES string of the molecule is C#C[C@]1(COC(O)CCCCCCCCCCCCCCC)O[C@@H](CC2C=Nc3c(N)nc(F)nc3CC2)C[C@@H]1OC(=O)CCCCCCCCCCCCCCC. The van der Waals surface area contributed by atoms with E-state index in [1.807, 2.05) is 0 Å². The fraction of sp³-hybridized carbons (Fsp3) is 0.833. The van der Waals surface area contributed by atoms with E-state index >= 15 is 0 Å². The van der Waals surface area contributed by atoms with Crippen molar-refractivity contribution >= 4 is 23.7 Å². The van der Waals surface area contributed by atoms with Gasteiger partial charge in [0.05, 0.1) is 18.4 Å². The van der Waals surface area contributed by atoms with E-state index in [-0.39, 0.29) is 30.4 Å². The molecule has 1 aromatic heterocycles. The summed E-state index contributed by atoms with van der Waals surface area (Å²) in [5.41, 5.74) is 5.51. The zero-order chi connectivity index (χ0) is 41.7. The fourth-order valence-electron chi connectivity index (χ4n) is 8.48. The number of aryl methyl sites for hydroxylation is 1. The predicted molar refractivity (Wildman–Crippen MR) is 234 cm³/mol. The van der Waals surface area contributed by atoms with Gasteiger partial charge in [0.1, 0.15) is 11.8 Å². The molecule has 0 amide bonds. The maximum atomic E-state index is 13.9. The highest BCUT2D eigenvalue weighted by Crippen LogP contribution is 2.38. The Balaban J connectivity index is 1.43. The Morgan fingerprint density at radius 3 is 1.91 bits per heavy atom. The number of ether oxygens (including phenoxy) is 3. The van der Waals surface area contributed by atoms with Gasteiger partial charge in [-0.15, -0.1) is 6.42 Å². The van der Waals surface area contributed by atoms with Gasteiger partial charge < -0.3 is 25.1 Å². The lowest BCUT2D eigenvalue weighted by Gasteiger charge is -2.30. The molecular formula is C48H81FN4O5. The monoisotopic (exact) mass is 813 g/mol. The van der Waals surface area contributed by atoms with Gasteiger partial charge in [-0.1, -0.05) is 174 Å². The number of nitrogen functional groups attached to an aromatic ring is 1. The van der Waals surface area contributed by atoms with Crippen LogP contribution >= 0.6 is 0 Å². The second kappa shape index (κ2) is 30.4. The van der Waals surface area contributed by atoms with Crippen molar-refractivity contribution in [1.29, 1.82) is 0 Å². The average Bonchev–Trinajstić information content (AvgIpc) is 3.41. The van der Waals surface area contributed by atoms with E-state index in [4.69, 9.17) is 26.4 Å². The molecule has 3 N–H and O–H groups in total. The summed E-state index contributed by atoms with van der Waals surface area (Å²) in [6.45, 7) is 4.44. The van der Waals surface area contributed by atoms with E-state index in [0.717, 1.165) is 38.5 Å². The first-order chi connectivity index (χ1) is 28.3. The Morgan fingerprint density at radius 2 is 1.38 bits per heavy atom. The number of halogens is 1. The molecule has 58 heavy (non-hydrogen) atoms. The van der Waals surface area contributed by atoms with Crippen LogP contribution in [0.4, 0.5) is 15.9 Å². The third-order valence-corrected chi connectivity index (χ3v) is 12.1. The van der Waals surface area contributed by atoms with E-state index in [9.17, 15) is 14.3 Å². The first kappa shape index (κ1) is 49.8. The van der Waals surface area contributed by atoms with Gasteiger partial charge in [0.15, 0.2) is 17.7 Å². The van der Waals surface area contributed by atoms with Crippen LogP contribution in [0.3, 0.4) is 0 Å². The number of rotatable bonds is 34. The maximum absolute atomic E-state index is 13.9. The number of carbonyl (C=O) groups is 1. The Hall–Kier alpha value is -2.61. The van der Waals surface area contributed by atoms with E-state index in [1.165, 1.54) is 128 Å². The van der Waals surface area contributed by atoms with Gasteiger partial charge in [-0.25, -0.2) is 4.98 Å². The summed E-state index contributed by atoms with van der Waals surface area (Å²) in [6.07, 6.45) is 40.4. The standard InChI is InChI=1S/C48H81FN4O5/c1-4-7-9-11-13-15-17-19-21-23-25-27-29-31-43(54)56-38-48(6-3)42(57-44(55)32-30-28-26-24-22-20-18-16-14-12-10-8-5-2)36-40(58-48)35-39-33-34-41-45(51-37-39)46(50)53-47(49)52-41/h3,37,39-40,42-43,54H,4-5,7-36,38H2,1-2H3,(H2,50,52,53)/t39?,40-,42-,43?,48+/m0/s1. The van der Waals surface area contributed by atoms with Crippen LogP contribution in [0.25, 0.3) is 0 Å². The molecule has 5 atom stereocenters. The number of nitrogens with zero attached hydrogens (tertiary/aromatic N) is 3. The normalized spacial score (nSPS) is 20.8. The average molecular weight is 813 g/mol. The quantitative estimate of drug-likeness (QED) is 0.0231. The van der Waals surface area contributed by atoms with Gasteiger partial charge in [-0.3, -0.25) is 9.79 Å². The van der Waals surface area contributed by atoms with Crippen molar-refractivity contribution in [2.75, 3.05) is 12.3 Å². The number of unbranched alkanes of at least 4 members (excludes halogenated alkanes) is 24. The highest BCUT2D eigenvalue weighted by Gasteiger charge is 2.51. The number of esters is 1. The lowest BCUT2D eigenvalue weighted by Crippen LogP contribution is -2.46. The summed E-state index contributed by atoms with van der Waals surface area (Å²) in [4.78, 5) is 25.3. The van der Waals surface area contributed by atoms with Crippen LogP contribution < -0.4 is 5.73 Å². The highest BCUT2D eigenvalue weighted by molar-refractivity contribution is 5.73. The van der Waals surface area contributed by atoms with E-state index in [0.29, 0.717) is 49.9 Å². The van der Waals surface area contributed by atoms with Crippen LogP contribution in [0, 0.1) is 24.3 Å². The van der Waals surface area contributed by atoms with Gasteiger partial charge in [0.25, 0.3) is 0 Å². The van der Waals surface area contributed by atoms with Gasteiger partial charge in [0, 0.05) is 19.1 Å². The molecule has 0 spiro atoms. The predicted octanol–water partition coefficient (Wildman–Crippen LogP) is 12.2. The molecule has 0 aliphatic carbocycles. The molecule has 2 aliphatic rings. The number of aromatic nitrogens is 2. The topological polar surface area (TPSA) is 129 Å². The summed E-state index contributed by atoms with van der Waals surface area (Å²) in [6, 6.07) is 0. The summed E-state index contributed by atoms with van der Waals surface area (Å²) < 4.78 is 32.5. The molecule has 1 aromatic rings. The van der Waals surface area contributed by atoms with Crippen molar-refractivity contribution in [2.24, 2.45) is 10.9 Å². The number of hydrogen-bond donors (Lipinski definition) is 2. The van der Waals surface area contributed by atoms with Crippen molar-refractivity contribution in [2.45, 2.75) is 243 Å². The van der Waals surface area contributed by atoms with Crippen LogP contribution in [-0.4, -0.2) is 58.0 Å². The minimum absolute atomic E-state index is 0.0212. The molecule has 3 heterocycles. The van der Waals surface area contributed by atoms with Crippen molar-refractivity contribution in [3.63, 3.8) is 0 Å². The second-order valence-corrected chi connectivity index (χ2v) is 17.3. The van der Waals surface area contributed by atoms with Gasteiger partial charge in [0.2, 0.25) is 0 Å². The van der Waals surface area contributed by atoms with E-state index < -0.39 is 24.1 Å². The number of carbonyl (C=O) groups excluding carboxylic acids is 1.